The molecular formula is C16H12BrN3O4S. The Kier molecular flexibility index (Phi) is 4.69. The number of hydrogen-bond donors (Lipinski definition) is 1. The molecule has 0 fully saturated rings. The van der Waals surface area contributed by atoms with Crippen LogP contribution in [0.25, 0.3) is 10.2 Å². The topological polar surface area (TPSA) is 94.4 Å². The molecule has 0 aliphatic carbocycles. The van der Waals surface area contributed by atoms with Crippen LogP contribution in [0.2, 0.25) is 0 Å². The first kappa shape index (κ1) is 17.3. The molecule has 0 spiro atoms. The first-order valence-electron chi connectivity index (χ1n) is 7.09. The minimum absolute atomic E-state index is 0.0155. The number of anilines is 1. The highest BCUT2D eigenvalue weighted by molar-refractivity contribution is 9.10. The Balaban J connectivity index is 1.93. The van der Waals surface area contributed by atoms with Gasteiger partial charge >= 0.3 is 0 Å². The molecule has 1 heterocycles. The lowest BCUT2D eigenvalue weighted by atomic mass is 10.1. The number of methoxy groups -OCH3 is 1. The third kappa shape index (κ3) is 3.47. The number of rotatable bonds is 4. The zero-order chi connectivity index (χ0) is 18.1. The van der Waals surface area contributed by atoms with E-state index in [1.165, 1.54) is 30.6 Å². The van der Waals surface area contributed by atoms with E-state index in [2.05, 4.69) is 26.2 Å². The molecular weight excluding hydrogens is 410 g/mol. The molecule has 3 aromatic rings. The van der Waals surface area contributed by atoms with Crippen molar-refractivity contribution >= 4 is 54.2 Å². The molecule has 0 unspecified atom stereocenters. The fraction of sp³-hybridized carbons (Fsp3) is 0.125. The highest BCUT2D eigenvalue weighted by Crippen LogP contribution is 2.31. The highest BCUT2D eigenvalue weighted by atomic mass is 79.9. The van der Waals surface area contributed by atoms with Gasteiger partial charge in [0.15, 0.2) is 5.13 Å². The number of fused-ring (bicyclic) bond motifs is 1. The minimum atomic E-state index is -0.466. The van der Waals surface area contributed by atoms with E-state index in [-0.39, 0.29) is 11.6 Å². The smallest absolute Gasteiger partial charge is 0.270 e. The lowest BCUT2D eigenvalue weighted by Gasteiger charge is -2.11. The summed E-state index contributed by atoms with van der Waals surface area (Å²) in [6.07, 6.45) is 0. The van der Waals surface area contributed by atoms with Crippen LogP contribution < -0.4 is 10.1 Å². The number of nitrogens with one attached hydrogen (secondary N) is 1. The molecule has 2 aromatic carbocycles. The lowest BCUT2D eigenvalue weighted by Crippen LogP contribution is -2.13. The van der Waals surface area contributed by atoms with E-state index in [1.54, 1.807) is 12.1 Å². The quantitative estimate of drug-likeness (QED) is 0.492. The minimum Gasteiger partial charge on any atom is -0.496 e. The zero-order valence-corrected chi connectivity index (χ0v) is 15.6. The number of hydrogen-bond acceptors (Lipinski definition) is 6. The van der Waals surface area contributed by atoms with Gasteiger partial charge in [0.05, 0.1) is 27.8 Å². The van der Waals surface area contributed by atoms with Crippen LogP contribution in [0.3, 0.4) is 0 Å². The number of nitro benzene ring substituents is 1. The predicted octanol–water partition coefficient (Wildman–Crippen LogP) is 4.54. The number of carbonyl (C=O) groups is 1. The largest absolute Gasteiger partial charge is 0.496 e. The summed E-state index contributed by atoms with van der Waals surface area (Å²) in [6.45, 7) is 1.84. The fourth-order valence-electron chi connectivity index (χ4n) is 2.41. The first-order valence-corrected chi connectivity index (χ1v) is 8.70. The molecule has 0 aliphatic rings. The molecule has 0 saturated heterocycles. The maximum Gasteiger partial charge on any atom is 0.270 e. The van der Waals surface area contributed by atoms with Gasteiger partial charge in [0.25, 0.3) is 11.6 Å². The molecule has 1 amide bonds. The third-order valence-corrected chi connectivity index (χ3v) is 4.88. The van der Waals surface area contributed by atoms with Crippen LogP contribution in [0, 0.1) is 17.0 Å². The fourth-order valence-corrected chi connectivity index (χ4v) is 3.88. The van der Waals surface area contributed by atoms with E-state index in [4.69, 9.17) is 4.74 Å². The molecule has 0 bridgehead atoms. The van der Waals surface area contributed by atoms with Crippen molar-refractivity contribution in [1.82, 2.24) is 4.98 Å². The summed E-state index contributed by atoms with van der Waals surface area (Å²) in [7, 11) is 1.50. The Labute approximate surface area is 154 Å². The Morgan fingerprint density at radius 2 is 2.12 bits per heavy atom. The number of aryl methyl sites for hydroxylation is 1. The van der Waals surface area contributed by atoms with Gasteiger partial charge in [0, 0.05) is 16.6 Å². The van der Waals surface area contributed by atoms with Gasteiger partial charge < -0.3 is 4.74 Å². The van der Waals surface area contributed by atoms with Crippen molar-refractivity contribution in [3.63, 3.8) is 0 Å². The number of nitrogens with zero attached hydrogens (tertiary/aromatic N) is 2. The second-order valence-corrected chi connectivity index (χ2v) is 7.13. The Morgan fingerprint density at radius 1 is 1.36 bits per heavy atom. The van der Waals surface area contributed by atoms with Crippen LogP contribution in [0.15, 0.2) is 34.8 Å². The standard InChI is InChI=1S/C16H12BrN3O4S/c1-8-5-9(17)6-11(14(8)24-2)15(21)19-16-18-12-4-3-10(20(22)23)7-13(12)25-16/h3-7H,1-2H3,(H,18,19,21). The molecule has 1 aromatic heterocycles. The van der Waals surface area contributed by atoms with Crippen molar-refractivity contribution in [1.29, 1.82) is 0 Å². The zero-order valence-electron chi connectivity index (χ0n) is 13.2. The van der Waals surface area contributed by atoms with Crippen molar-refractivity contribution in [3.05, 3.63) is 56.0 Å². The monoisotopic (exact) mass is 421 g/mol. The Morgan fingerprint density at radius 3 is 2.80 bits per heavy atom. The summed E-state index contributed by atoms with van der Waals surface area (Å²) in [5.41, 5.74) is 1.77. The van der Waals surface area contributed by atoms with Gasteiger partial charge in [0.1, 0.15) is 5.75 Å². The second kappa shape index (κ2) is 6.77. The number of carbonyl (C=O) groups excluding carboxylic acids is 1. The third-order valence-electron chi connectivity index (χ3n) is 3.49. The number of thiazole rings is 1. The van der Waals surface area contributed by atoms with Crippen LogP contribution in [0.1, 0.15) is 15.9 Å². The van der Waals surface area contributed by atoms with Crippen molar-refractivity contribution < 1.29 is 14.5 Å². The lowest BCUT2D eigenvalue weighted by molar-refractivity contribution is -0.384. The Bertz CT molecular complexity index is 1000. The van der Waals surface area contributed by atoms with Crippen molar-refractivity contribution in [3.8, 4) is 5.75 Å². The van der Waals surface area contributed by atoms with Crippen LogP contribution in [-0.2, 0) is 0 Å². The van der Waals surface area contributed by atoms with Crippen LogP contribution in [-0.4, -0.2) is 22.9 Å². The van der Waals surface area contributed by atoms with Gasteiger partial charge in [-0.2, -0.15) is 0 Å². The van der Waals surface area contributed by atoms with Crippen LogP contribution in [0.5, 0.6) is 5.75 Å². The summed E-state index contributed by atoms with van der Waals surface area (Å²) in [4.78, 5) is 27.3. The SMILES string of the molecule is COc1c(C)cc(Br)cc1C(=O)Nc1nc2ccc([N+](=O)[O-])cc2s1. The highest BCUT2D eigenvalue weighted by Gasteiger charge is 2.18. The molecule has 7 nitrogen and oxygen atoms in total. The number of nitro groups is 1. The summed E-state index contributed by atoms with van der Waals surface area (Å²) in [5.74, 6) is 0.118. The maximum atomic E-state index is 12.6. The molecule has 1 N–H and O–H groups in total. The molecule has 9 heteroatoms. The summed E-state index contributed by atoms with van der Waals surface area (Å²) in [6, 6.07) is 7.90. The molecule has 128 valence electrons. The molecule has 25 heavy (non-hydrogen) atoms. The van der Waals surface area contributed by atoms with Crippen LogP contribution in [0.4, 0.5) is 10.8 Å². The van der Waals surface area contributed by atoms with Crippen molar-refractivity contribution in [2.24, 2.45) is 0 Å². The van der Waals surface area contributed by atoms with Gasteiger partial charge in [-0.25, -0.2) is 4.98 Å². The van der Waals surface area contributed by atoms with Gasteiger partial charge in [0.2, 0.25) is 0 Å². The van der Waals surface area contributed by atoms with Crippen molar-refractivity contribution in [2.75, 3.05) is 12.4 Å². The average molecular weight is 422 g/mol. The number of ether oxygens (including phenoxy) is 1. The van der Waals surface area contributed by atoms with E-state index in [0.29, 0.717) is 26.7 Å². The molecule has 3 rings (SSSR count). The van der Waals surface area contributed by atoms with E-state index in [1.807, 2.05) is 13.0 Å². The van der Waals surface area contributed by atoms with Crippen molar-refractivity contribution in [2.45, 2.75) is 6.92 Å². The first-order chi connectivity index (χ1) is 11.9. The normalized spacial score (nSPS) is 10.7. The number of non-ortho nitro benzene ring substituents is 1. The molecule has 0 atom stereocenters. The van der Waals surface area contributed by atoms with E-state index >= 15 is 0 Å². The number of benzene rings is 2. The van der Waals surface area contributed by atoms with Gasteiger partial charge in [-0.1, -0.05) is 27.3 Å². The van der Waals surface area contributed by atoms with E-state index < -0.39 is 4.92 Å². The number of amides is 1. The molecule has 0 radical (unpaired) electrons. The van der Waals surface area contributed by atoms with E-state index in [9.17, 15) is 14.9 Å². The van der Waals surface area contributed by atoms with Gasteiger partial charge in [-0.3, -0.25) is 20.2 Å². The maximum absolute atomic E-state index is 12.6. The average Bonchev–Trinajstić information content (AvgIpc) is 2.95. The predicted molar refractivity (Wildman–Crippen MR) is 99.7 cm³/mol. The summed E-state index contributed by atoms with van der Waals surface area (Å²) < 4.78 is 6.70. The number of halogens is 1. The molecule has 0 saturated carbocycles. The Hall–Kier alpha value is -2.52. The van der Waals surface area contributed by atoms with E-state index in [0.717, 1.165) is 10.0 Å². The number of aromatic nitrogens is 1. The molecule has 0 aliphatic heterocycles. The van der Waals surface area contributed by atoms with Crippen LogP contribution >= 0.6 is 27.3 Å². The second-order valence-electron chi connectivity index (χ2n) is 5.19. The van der Waals surface area contributed by atoms with Gasteiger partial charge in [-0.15, -0.1) is 0 Å². The summed E-state index contributed by atoms with van der Waals surface area (Å²) >= 11 is 4.54. The van der Waals surface area contributed by atoms with Gasteiger partial charge in [-0.05, 0) is 30.7 Å². The summed E-state index contributed by atoms with van der Waals surface area (Å²) in [5, 5.41) is 13.9.